The van der Waals surface area contributed by atoms with E-state index >= 15 is 0 Å². The maximum atomic E-state index is 10.5. The highest BCUT2D eigenvalue weighted by molar-refractivity contribution is 7.13. The molecular weight excluding hydrogens is 244 g/mol. The summed E-state index contributed by atoms with van der Waals surface area (Å²) >= 11 is 1.12. The monoisotopic (exact) mass is 254 g/mol. The first-order chi connectivity index (χ1) is 8.16. The third-order valence-corrected chi connectivity index (χ3v) is 3.11. The van der Waals surface area contributed by atoms with Gasteiger partial charge >= 0.3 is 5.00 Å². The molecule has 0 bridgehead atoms. The van der Waals surface area contributed by atoms with Gasteiger partial charge in [0.05, 0.1) is 11.0 Å². The number of aromatic amines is 1. The number of rotatable bonds is 5. The summed E-state index contributed by atoms with van der Waals surface area (Å²) in [5, 5.41) is 29.1. The average molecular weight is 254 g/mol. The molecule has 0 radical (unpaired) electrons. The van der Waals surface area contributed by atoms with Crippen molar-refractivity contribution in [3.63, 3.8) is 0 Å². The van der Waals surface area contributed by atoms with Gasteiger partial charge in [-0.2, -0.15) is 5.21 Å². The van der Waals surface area contributed by atoms with Gasteiger partial charge in [-0.1, -0.05) is 16.6 Å². The number of aromatic nitrogens is 4. The van der Waals surface area contributed by atoms with Crippen molar-refractivity contribution in [2.24, 2.45) is 0 Å². The number of H-pyrrole nitrogens is 1. The highest BCUT2D eigenvalue weighted by atomic mass is 32.1. The maximum Gasteiger partial charge on any atom is 0.324 e. The third-order valence-electron chi connectivity index (χ3n) is 2.18. The Morgan fingerprint density at radius 2 is 2.53 bits per heavy atom. The standard InChI is InChI=1S/C8H10N6O2S/c1-5(8-10-12-13-11-8)9-3-6-2-7(14(15)16)17-4-6/h2,4-5,9H,3H2,1H3,(H,10,11,12,13). The van der Waals surface area contributed by atoms with Crippen LogP contribution >= 0.6 is 11.3 Å². The Hall–Kier alpha value is -1.87. The molecule has 2 N–H and O–H groups in total. The number of thiophene rings is 1. The van der Waals surface area contributed by atoms with Crippen LogP contribution in [-0.2, 0) is 6.54 Å². The normalized spacial score (nSPS) is 12.5. The largest absolute Gasteiger partial charge is 0.324 e. The second kappa shape index (κ2) is 4.97. The fourth-order valence-electron chi connectivity index (χ4n) is 1.27. The third kappa shape index (κ3) is 2.82. The van der Waals surface area contributed by atoms with Crippen molar-refractivity contribution < 1.29 is 4.92 Å². The van der Waals surface area contributed by atoms with Gasteiger partial charge in [0.25, 0.3) is 0 Å². The molecule has 90 valence electrons. The first-order valence-electron chi connectivity index (χ1n) is 4.85. The molecule has 0 aliphatic carbocycles. The quantitative estimate of drug-likeness (QED) is 0.609. The van der Waals surface area contributed by atoms with Gasteiger partial charge in [-0.3, -0.25) is 10.1 Å². The van der Waals surface area contributed by atoms with Crippen LogP contribution in [0.5, 0.6) is 0 Å². The van der Waals surface area contributed by atoms with Crippen LogP contribution in [0, 0.1) is 10.1 Å². The van der Waals surface area contributed by atoms with Crippen molar-refractivity contribution in [3.8, 4) is 0 Å². The molecule has 8 nitrogen and oxygen atoms in total. The minimum Gasteiger partial charge on any atom is -0.303 e. The lowest BCUT2D eigenvalue weighted by Crippen LogP contribution is -2.18. The molecule has 2 heterocycles. The van der Waals surface area contributed by atoms with Gasteiger partial charge < -0.3 is 5.32 Å². The molecule has 0 aliphatic rings. The van der Waals surface area contributed by atoms with E-state index in [4.69, 9.17) is 0 Å². The second-order valence-corrected chi connectivity index (χ2v) is 4.31. The molecule has 0 saturated heterocycles. The van der Waals surface area contributed by atoms with Crippen molar-refractivity contribution in [2.45, 2.75) is 19.5 Å². The van der Waals surface area contributed by atoms with Gasteiger partial charge in [-0.05, 0) is 12.5 Å². The first kappa shape index (κ1) is 11.6. The highest BCUT2D eigenvalue weighted by Gasteiger charge is 2.12. The van der Waals surface area contributed by atoms with E-state index in [0.29, 0.717) is 12.4 Å². The first-order valence-corrected chi connectivity index (χ1v) is 5.73. The van der Waals surface area contributed by atoms with Gasteiger partial charge in [-0.25, -0.2) is 0 Å². The fraction of sp³-hybridized carbons (Fsp3) is 0.375. The summed E-state index contributed by atoms with van der Waals surface area (Å²) in [6, 6.07) is 1.49. The highest BCUT2D eigenvalue weighted by Crippen LogP contribution is 2.22. The summed E-state index contributed by atoms with van der Waals surface area (Å²) < 4.78 is 0. The van der Waals surface area contributed by atoms with E-state index in [0.717, 1.165) is 16.9 Å². The Balaban J connectivity index is 1.91. The predicted molar refractivity (Wildman–Crippen MR) is 60.4 cm³/mol. The van der Waals surface area contributed by atoms with Crippen LogP contribution in [0.1, 0.15) is 24.4 Å². The molecule has 2 aromatic heterocycles. The van der Waals surface area contributed by atoms with Crippen molar-refractivity contribution in [1.29, 1.82) is 0 Å². The number of tetrazole rings is 1. The molecular formula is C8H10N6O2S. The smallest absolute Gasteiger partial charge is 0.303 e. The summed E-state index contributed by atoms with van der Waals surface area (Å²) in [6.45, 7) is 2.42. The molecule has 0 spiro atoms. The minimum atomic E-state index is -0.392. The van der Waals surface area contributed by atoms with Gasteiger partial charge in [0.1, 0.15) is 0 Å². The average Bonchev–Trinajstić information content (AvgIpc) is 2.97. The molecule has 9 heteroatoms. The van der Waals surface area contributed by atoms with Crippen LogP contribution in [0.3, 0.4) is 0 Å². The van der Waals surface area contributed by atoms with Gasteiger partial charge in [0.2, 0.25) is 0 Å². The molecule has 0 aliphatic heterocycles. The Morgan fingerprint density at radius 3 is 3.12 bits per heavy atom. The van der Waals surface area contributed by atoms with Gasteiger partial charge in [-0.15, -0.1) is 10.2 Å². The van der Waals surface area contributed by atoms with Crippen LogP contribution in [-0.4, -0.2) is 25.5 Å². The zero-order chi connectivity index (χ0) is 12.3. The number of nitro groups is 1. The van der Waals surface area contributed by atoms with E-state index < -0.39 is 4.92 Å². The lowest BCUT2D eigenvalue weighted by atomic mass is 10.3. The Morgan fingerprint density at radius 1 is 1.71 bits per heavy atom. The second-order valence-electron chi connectivity index (χ2n) is 3.42. The summed E-state index contributed by atoms with van der Waals surface area (Å²) in [5.74, 6) is 0.565. The molecule has 1 atom stereocenters. The van der Waals surface area contributed by atoms with Crippen LogP contribution in [0.15, 0.2) is 11.4 Å². The Labute approximate surface area is 100 Å². The van der Waals surface area contributed by atoms with E-state index in [1.165, 1.54) is 0 Å². The molecule has 0 aromatic carbocycles. The maximum absolute atomic E-state index is 10.5. The van der Waals surface area contributed by atoms with E-state index in [1.54, 1.807) is 11.4 Å². The van der Waals surface area contributed by atoms with E-state index in [1.807, 2.05) is 6.92 Å². The number of nitrogens with zero attached hydrogens (tertiary/aromatic N) is 4. The summed E-state index contributed by atoms with van der Waals surface area (Å²) in [5.41, 5.74) is 0.872. The van der Waals surface area contributed by atoms with Crippen molar-refractivity contribution in [2.75, 3.05) is 0 Å². The fourth-order valence-corrected chi connectivity index (χ4v) is 2.00. The molecule has 0 amide bonds. The molecule has 0 saturated carbocycles. The number of hydrogen-bond acceptors (Lipinski definition) is 7. The van der Waals surface area contributed by atoms with Crippen molar-refractivity contribution in [1.82, 2.24) is 25.9 Å². The molecule has 1 unspecified atom stereocenters. The molecule has 0 fully saturated rings. The SMILES string of the molecule is CC(NCc1csc([N+](=O)[O-])c1)c1nn[nH]n1. The zero-order valence-corrected chi connectivity index (χ0v) is 9.77. The zero-order valence-electron chi connectivity index (χ0n) is 8.95. The number of hydrogen-bond donors (Lipinski definition) is 2. The molecule has 2 aromatic rings. The van der Waals surface area contributed by atoms with Crippen molar-refractivity contribution in [3.05, 3.63) is 32.9 Å². The number of nitrogens with one attached hydrogen (secondary N) is 2. The summed E-state index contributed by atoms with van der Waals surface area (Å²) in [4.78, 5) is 10.1. The Kier molecular flexibility index (Phi) is 3.40. The minimum absolute atomic E-state index is 0.0623. The lowest BCUT2D eigenvalue weighted by molar-refractivity contribution is -0.380. The van der Waals surface area contributed by atoms with E-state index in [-0.39, 0.29) is 11.0 Å². The Bertz CT molecular complexity index is 496. The summed E-state index contributed by atoms with van der Waals surface area (Å²) in [7, 11) is 0. The topological polar surface area (TPSA) is 110 Å². The van der Waals surface area contributed by atoms with Crippen LogP contribution in [0.2, 0.25) is 0 Å². The summed E-state index contributed by atoms with van der Waals surface area (Å²) in [6.07, 6.45) is 0. The predicted octanol–water partition coefficient (Wildman–Crippen LogP) is 1.02. The van der Waals surface area contributed by atoms with Crippen LogP contribution < -0.4 is 5.32 Å². The van der Waals surface area contributed by atoms with Crippen molar-refractivity contribution >= 4 is 16.3 Å². The van der Waals surface area contributed by atoms with Gasteiger partial charge in [0.15, 0.2) is 5.82 Å². The molecule has 17 heavy (non-hydrogen) atoms. The van der Waals surface area contributed by atoms with Crippen LogP contribution in [0.25, 0.3) is 0 Å². The van der Waals surface area contributed by atoms with E-state index in [9.17, 15) is 10.1 Å². The van der Waals surface area contributed by atoms with Gasteiger partial charge in [0, 0.05) is 18.0 Å². The van der Waals surface area contributed by atoms with Crippen LogP contribution in [0.4, 0.5) is 5.00 Å². The van der Waals surface area contributed by atoms with E-state index in [2.05, 4.69) is 25.9 Å². The molecule has 2 rings (SSSR count). The lowest BCUT2D eigenvalue weighted by Gasteiger charge is -2.07.